The minimum absolute atomic E-state index is 0.226. The van der Waals surface area contributed by atoms with Crippen molar-refractivity contribution in [3.63, 3.8) is 0 Å². The molecule has 1 saturated heterocycles. The summed E-state index contributed by atoms with van der Waals surface area (Å²) in [6.07, 6.45) is 1.55. The lowest BCUT2D eigenvalue weighted by molar-refractivity contribution is 0.381. The smallest absolute Gasteiger partial charge is 0.246 e. The van der Waals surface area contributed by atoms with Gasteiger partial charge in [-0.05, 0) is 36.4 Å². The van der Waals surface area contributed by atoms with Crippen LogP contribution >= 0.6 is 0 Å². The van der Waals surface area contributed by atoms with Gasteiger partial charge in [0.05, 0.1) is 6.26 Å². The van der Waals surface area contributed by atoms with Gasteiger partial charge in [0, 0.05) is 26.2 Å². The fraction of sp³-hybridized carbons (Fsp3) is 0.211. The molecule has 3 aromatic heterocycles. The molecule has 0 N–H and O–H groups in total. The summed E-state index contributed by atoms with van der Waals surface area (Å²) in [7, 11) is -3.89. The Kier molecular flexibility index (Phi) is 4.48. The molecule has 30 heavy (non-hydrogen) atoms. The molecule has 1 aliphatic rings. The largest absolute Gasteiger partial charge is 0.461 e. The van der Waals surface area contributed by atoms with Crippen molar-refractivity contribution in [2.45, 2.75) is 4.90 Å². The molecule has 1 fully saturated rings. The topological polar surface area (TPSA) is 96.8 Å². The average Bonchev–Trinajstić information content (AvgIpc) is 3.43. The molecule has 4 heterocycles. The molecular weight excluding hydrogens is 411 g/mol. The van der Waals surface area contributed by atoms with E-state index in [0.717, 1.165) is 6.07 Å². The summed E-state index contributed by atoms with van der Waals surface area (Å²) >= 11 is 0. The van der Waals surface area contributed by atoms with Gasteiger partial charge >= 0.3 is 0 Å². The lowest BCUT2D eigenvalue weighted by atomic mass is 10.3. The third-order valence-electron chi connectivity index (χ3n) is 5.01. The highest BCUT2D eigenvalue weighted by Gasteiger charge is 2.31. The Labute approximate surface area is 171 Å². The Morgan fingerprint density at radius 2 is 1.73 bits per heavy atom. The van der Waals surface area contributed by atoms with Crippen molar-refractivity contribution < 1.29 is 17.2 Å². The lowest BCUT2D eigenvalue weighted by Crippen LogP contribution is -2.49. The summed E-state index contributed by atoms with van der Waals surface area (Å²) in [6, 6.07) is 12.6. The summed E-state index contributed by atoms with van der Waals surface area (Å²) in [5.74, 6) is 0.953. The highest BCUT2D eigenvalue weighted by Crippen LogP contribution is 2.23. The first-order chi connectivity index (χ1) is 14.5. The number of aromatic nitrogens is 4. The van der Waals surface area contributed by atoms with Gasteiger partial charge in [-0.2, -0.15) is 8.82 Å². The number of hydrogen-bond acceptors (Lipinski definition) is 7. The zero-order chi connectivity index (χ0) is 20.7. The van der Waals surface area contributed by atoms with Crippen molar-refractivity contribution in [1.82, 2.24) is 24.1 Å². The van der Waals surface area contributed by atoms with Crippen LogP contribution in [0.4, 0.5) is 10.2 Å². The summed E-state index contributed by atoms with van der Waals surface area (Å²) < 4.78 is 47.9. The molecule has 9 nitrogen and oxygen atoms in total. The fourth-order valence-corrected chi connectivity index (χ4v) is 4.95. The Morgan fingerprint density at radius 3 is 2.47 bits per heavy atom. The first-order valence-electron chi connectivity index (χ1n) is 9.30. The Balaban J connectivity index is 1.37. The quantitative estimate of drug-likeness (QED) is 0.491. The van der Waals surface area contributed by atoms with Crippen LogP contribution < -0.4 is 4.90 Å². The molecule has 0 unspecified atom stereocenters. The number of fused-ring (bicyclic) bond motifs is 1. The number of nitrogens with zero attached hydrogens (tertiary/aromatic N) is 6. The Bertz CT molecular complexity index is 1300. The van der Waals surface area contributed by atoms with Gasteiger partial charge in [-0.3, -0.25) is 0 Å². The molecule has 0 amide bonds. The third kappa shape index (κ3) is 3.12. The average molecular weight is 428 g/mol. The molecule has 0 saturated carbocycles. The number of anilines is 1. The van der Waals surface area contributed by atoms with Crippen LogP contribution in [0.1, 0.15) is 0 Å². The number of sulfonamides is 1. The van der Waals surface area contributed by atoms with E-state index < -0.39 is 15.8 Å². The van der Waals surface area contributed by atoms with Crippen LogP contribution in [0.2, 0.25) is 0 Å². The number of halogens is 1. The standard InChI is InChI=1S/C19H17FN6O3S/c20-14-4-1-2-6-16(14)30(27,28)25-11-9-24(10-12-25)18-8-7-17-21-22-19(26(17)23-18)15-5-3-13-29-15/h1-8,13H,9-12H2. The molecule has 1 aromatic carbocycles. The predicted molar refractivity (Wildman–Crippen MR) is 106 cm³/mol. The van der Waals surface area contributed by atoms with Gasteiger partial charge in [0.1, 0.15) is 16.5 Å². The number of furan rings is 1. The van der Waals surface area contributed by atoms with Crippen molar-refractivity contribution in [3.05, 3.63) is 60.6 Å². The molecule has 0 radical (unpaired) electrons. The fourth-order valence-electron chi connectivity index (χ4n) is 3.46. The third-order valence-corrected chi connectivity index (χ3v) is 6.94. The van der Waals surface area contributed by atoms with Gasteiger partial charge in [-0.1, -0.05) is 12.1 Å². The number of benzene rings is 1. The normalized spacial score (nSPS) is 15.7. The maximum Gasteiger partial charge on any atom is 0.246 e. The summed E-state index contributed by atoms with van der Waals surface area (Å²) in [5, 5.41) is 12.8. The summed E-state index contributed by atoms with van der Waals surface area (Å²) in [5.41, 5.74) is 0.575. The minimum atomic E-state index is -3.89. The molecular formula is C19H17FN6O3S. The van der Waals surface area contributed by atoms with Crippen LogP contribution in [0.15, 0.2) is 64.1 Å². The van der Waals surface area contributed by atoms with Gasteiger partial charge in [-0.15, -0.1) is 15.3 Å². The first kappa shape index (κ1) is 18.7. The molecule has 5 rings (SSSR count). The lowest BCUT2D eigenvalue weighted by Gasteiger charge is -2.34. The molecule has 0 atom stereocenters. The number of hydrogen-bond donors (Lipinski definition) is 0. The van der Waals surface area contributed by atoms with Crippen LogP contribution in [0, 0.1) is 5.82 Å². The van der Waals surface area contributed by atoms with Gasteiger partial charge in [-0.25, -0.2) is 12.8 Å². The molecule has 1 aliphatic heterocycles. The van der Waals surface area contributed by atoms with Gasteiger partial charge in [0.15, 0.2) is 11.4 Å². The predicted octanol–water partition coefficient (Wildman–Crippen LogP) is 2.03. The van der Waals surface area contributed by atoms with E-state index in [1.165, 1.54) is 22.5 Å². The summed E-state index contributed by atoms with van der Waals surface area (Å²) in [4.78, 5) is 1.67. The van der Waals surface area contributed by atoms with E-state index in [1.807, 2.05) is 11.0 Å². The summed E-state index contributed by atoms with van der Waals surface area (Å²) in [6.45, 7) is 1.29. The number of rotatable bonds is 4. The second-order valence-corrected chi connectivity index (χ2v) is 8.69. The maximum absolute atomic E-state index is 14.0. The van der Waals surface area contributed by atoms with E-state index in [1.54, 1.807) is 29.0 Å². The zero-order valence-electron chi connectivity index (χ0n) is 15.7. The van der Waals surface area contributed by atoms with Crippen LogP contribution in [0.25, 0.3) is 17.2 Å². The highest BCUT2D eigenvalue weighted by atomic mass is 32.2. The van der Waals surface area contributed by atoms with E-state index in [-0.39, 0.29) is 18.0 Å². The van der Waals surface area contributed by atoms with Crippen molar-refractivity contribution >= 4 is 21.5 Å². The van der Waals surface area contributed by atoms with E-state index in [9.17, 15) is 12.8 Å². The molecule has 154 valence electrons. The van der Waals surface area contributed by atoms with Crippen LogP contribution in [-0.2, 0) is 10.0 Å². The van der Waals surface area contributed by atoms with E-state index in [2.05, 4.69) is 15.3 Å². The monoisotopic (exact) mass is 428 g/mol. The van der Waals surface area contributed by atoms with Gasteiger partial charge in [0.2, 0.25) is 15.8 Å². The van der Waals surface area contributed by atoms with Crippen LogP contribution in [0.3, 0.4) is 0 Å². The second kappa shape index (κ2) is 7.18. The van der Waals surface area contributed by atoms with Crippen molar-refractivity contribution in [3.8, 4) is 11.6 Å². The Morgan fingerprint density at radius 1 is 0.933 bits per heavy atom. The van der Waals surface area contributed by atoms with Crippen molar-refractivity contribution in [1.29, 1.82) is 0 Å². The van der Waals surface area contributed by atoms with Crippen molar-refractivity contribution in [2.75, 3.05) is 31.1 Å². The van der Waals surface area contributed by atoms with Crippen LogP contribution in [-0.4, -0.2) is 58.7 Å². The molecule has 4 aromatic rings. The van der Waals surface area contributed by atoms with E-state index in [0.29, 0.717) is 36.1 Å². The molecule has 11 heteroatoms. The SMILES string of the molecule is O=S(=O)(c1ccccc1F)N1CCN(c2ccc3nnc(-c4ccco4)n3n2)CC1. The van der Waals surface area contributed by atoms with E-state index in [4.69, 9.17) is 4.42 Å². The number of piperazine rings is 1. The van der Waals surface area contributed by atoms with Crippen LogP contribution in [0.5, 0.6) is 0 Å². The molecule has 0 aliphatic carbocycles. The van der Waals surface area contributed by atoms with E-state index >= 15 is 0 Å². The highest BCUT2D eigenvalue weighted by molar-refractivity contribution is 7.89. The molecule has 0 spiro atoms. The first-order valence-corrected chi connectivity index (χ1v) is 10.7. The zero-order valence-corrected chi connectivity index (χ0v) is 16.5. The van der Waals surface area contributed by atoms with Gasteiger partial charge in [0.25, 0.3) is 0 Å². The maximum atomic E-state index is 14.0. The molecule has 0 bridgehead atoms. The van der Waals surface area contributed by atoms with Gasteiger partial charge < -0.3 is 9.32 Å². The second-order valence-electron chi connectivity index (χ2n) is 6.78. The van der Waals surface area contributed by atoms with Crippen molar-refractivity contribution in [2.24, 2.45) is 0 Å². The Hall–Kier alpha value is -3.31. The minimum Gasteiger partial charge on any atom is -0.461 e.